The van der Waals surface area contributed by atoms with Gasteiger partial charge in [0.05, 0.1) is 12.2 Å². The van der Waals surface area contributed by atoms with Crippen LogP contribution in [0.25, 0.3) is 0 Å². The molecule has 0 saturated heterocycles. The van der Waals surface area contributed by atoms with E-state index in [-0.39, 0.29) is 57.6 Å². The normalized spacial score (nSPS) is 53.9. The molecule has 14 atom stereocenters. The maximum Gasteiger partial charge on any atom is 0.221 e. The number of aliphatic hydroxyl groups is 2. The molecule has 0 aromatic carbocycles. The van der Waals surface area contributed by atoms with E-state index in [4.69, 9.17) is 0 Å². The van der Waals surface area contributed by atoms with Crippen molar-refractivity contribution >= 4 is 23.1 Å². The van der Waals surface area contributed by atoms with Crippen LogP contribution in [0.2, 0.25) is 0 Å². The molecule has 8 rings (SSSR count). The lowest BCUT2D eigenvalue weighted by atomic mass is 9.45. The third-order valence-corrected chi connectivity index (χ3v) is 15.4. The summed E-state index contributed by atoms with van der Waals surface area (Å²) in [7, 11) is 0. The van der Waals surface area contributed by atoms with Gasteiger partial charge in [-0.2, -0.15) is 0 Å². The van der Waals surface area contributed by atoms with E-state index < -0.39 is 23.0 Å². The summed E-state index contributed by atoms with van der Waals surface area (Å²) in [5.74, 6) is 0.969. The summed E-state index contributed by atoms with van der Waals surface area (Å²) in [5, 5.41) is 21.9. The zero-order valence-electron chi connectivity index (χ0n) is 27.1. The van der Waals surface area contributed by atoms with Crippen LogP contribution in [0.3, 0.4) is 0 Å². The summed E-state index contributed by atoms with van der Waals surface area (Å²) < 4.78 is 0. The van der Waals surface area contributed by atoms with Gasteiger partial charge in [0.2, 0.25) is 23.1 Å². The molecule has 0 amide bonds. The van der Waals surface area contributed by atoms with Gasteiger partial charge in [-0.1, -0.05) is 52.7 Å². The van der Waals surface area contributed by atoms with Crippen molar-refractivity contribution in [2.75, 3.05) is 0 Å². The lowest BCUT2D eigenvalue weighted by Crippen LogP contribution is -2.61. The van der Waals surface area contributed by atoms with E-state index in [1.807, 2.05) is 26.0 Å². The van der Waals surface area contributed by atoms with Gasteiger partial charge in [-0.25, -0.2) is 0 Å². The first kappa shape index (κ1) is 30.7. The van der Waals surface area contributed by atoms with Crippen LogP contribution in [0, 0.1) is 69.0 Å². The van der Waals surface area contributed by atoms with Crippen LogP contribution in [-0.2, 0) is 19.2 Å². The molecule has 8 aliphatic carbocycles. The van der Waals surface area contributed by atoms with Crippen molar-refractivity contribution in [3.05, 3.63) is 24.3 Å². The minimum Gasteiger partial charge on any atom is -0.393 e. The quantitative estimate of drug-likeness (QED) is 0.337. The number of allylic oxidation sites excluding steroid dienone is 4. The Bertz CT molecular complexity index is 1230. The van der Waals surface area contributed by atoms with Gasteiger partial charge in [-0.3, -0.25) is 19.2 Å². The zero-order valence-corrected chi connectivity index (χ0v) is 27.1. The van der Waals surface area contributed by atoms with Gasteiger partial charge in [0.25, 0.3) is 0 Å². The molecule has 44 heavy (non-hydrogen) atoms. The van der Waals surface area contributed by atoms with Crippen LogP contribution in [-0.4, -0.2) is 45.6 Å². The highest BCUT2D eigenvalue weighted by Gasteiger charge is 2.65. The molecule has 6 fully saturated rings. The highest BCUT2D eigenvalue weighted by molar-refractivity contribution is 6.44. The van der Waals surface area contributed by atoms with Gasteiger partial charge in [0, 0.05) is 22.7 Å². The maximum absolute atomic E-state index is 12.7. The van der Waals surface area contributed by atoms with Crippen LogP contribution >= 0.6 is 0 Å². The molecule has 8 aliphatic rings. The number of rotatable bonds is 0. The van der Waals surface area contributed by atoms with E-state index >= 15 is 0 Å². The lowest BCUT2D eigenvalue weighted by Gasteiger charge is -2.59. The molecule has 0 aromatic heterocycles. The van der Waals surface area contributed by atoms with Gasteiger partial charge in [0.15, 0.2) is 0 Å². The number of hydrogen-bond donors (Lipinski definition) is 2. The summed E-state index contributed by atoms with van der Waals surface area (Å²) >= 11 is 0. The predicted molar refractivity (Wildman–Crippen MR) is 166 cm³/mol. The minimum atomic E-state index is -0.682. The van der Waals surface area contributed by atoms with Crippen LogP contribution in [0.5, 0.6) is 0 Å². The standard InChI is InChI=1S/2C19H26O3/c2*1-18-9-3-4-13(18)12-7-5-11-6-8-14(20)17(22)19(11,2)16(12)15(21)10-18/h2*6,8,11-13,15-16,21H,3-5,7,9-10H2,1-2H3/t2*11?,12-,13-,15+,16+,18-,19-/m00/s1. The molecular formula is C38H52O6. The van der Waals surface area contributed by atoms with Crippen molar-refractivity contribution in [2.24, 2.45) is 69.0 Å². The molecule has 0 bridgehead atoms. The number of aliphatic hydroxyl groups excluding tert-OH is 2. The molecule has 6 heteroatoms. The van der Waals surface area contributed by atoms with Crippen LogP contribution in [0.4, 0.5) is 0 Å². The molecule has 2 N–H and O–H groups in total. The molecule has 2 unspecified atom stereocenters. The largest absolute Gasteiger partial charge is 0.393 e. The molecule has 6 nitrogen and oxygen atoms in total. The molecule has 0 radical (unpaired) electrons. The Morgan fingerprint density at radius 2 is 0.977 bits per heavy atom. The van der Waals surface area contributed by atoms with Crippen molar-refractivity contribution < 1.29 is 29.4 Å². The molecule has 240 valence electrons. The zero-order chi connectivity index (χ0) is 31.4. The average molecular weight is 605 g/mol. The van der Waals surface area contributed by atoms with E-state index in [0.29, 0.717) is 23.7 Å². The van der Waals surface area contributed by atoms with E-state index in [0.717, 1.165) is 38.5 Å². The Morgan fingerprint density at radius 3 is 1.36 bits per heavy atom. The first-order valence-corrected chi connectivity index (χ1v) is 17.7. The number of hydrogen-bond acceptors (Lipinski definition) is 6. The number of fused-ring (bicyclic) bond motifs is 10. The second kappa shape index (κ2) is 10.3. The Hall–Kier alpha value is -1.92. The monoisotopic (exact) mass is 604 g/mol. The van der Waals surface area contributed by atoms with E-state index in [9.17, 15) is 29.4 Å². The van der Waals surface area contributed by atoms with Crippen molar-refractivity contribution in [3.8, 4) is 0 Å². The van der Waals surface area contributed by atoms with Gasteiger partial charge in [-0.05, 0) is 123 Å². The first-order chi connectivity index (χ1) is 20.8. The van der Waals surface area contributed by atoms with Gasteiger partial charge in [0.1, 0.15) is 0 Å². The summed E-state index contributed by atoms with van der Waals surface area (Å²) in [6.45, 7) is 8.57. The Labute approximate surface area is 262 Å². The second-order valence-electron chi connectivity index (χ2n) is 17.3. The van der Waals surface area contributed by atoms with Crippen molar-refractivity contribution in [1.29, 1.82) is 0 Å². The molecule has 0 aliphatic heterocycles. The fourth-order valence-corrected chi connectivity index (χ4v) is 13.4. The Morgan fingerprint density at radius 1 is 0.591 bits per heavy atom. The maximum atomic E-state index is 12.7. The third kappa shape index (κ3) is 4.11. The van der Waals surface area contributed by atoms with Gasteiger partial charge in [-0.15, -0.1) is 0 Å². The van der Waals surface area contributed by atoms with Crippen molar-refractivity contribution in [3.63, 3.8) is 0 Å². The molecule has 0 spiro atoms. The summed E-state index contributed by atoms with van der Waals surface area (Å²) in [4.78, 5) is 49.5. The summed E-state index contributed by atoms with van der Waals surface area (Å²) in [6, 6.07) is 0. The highest BCUT2D eigenvalue weighted by Crippen LogP contribution is 2.66. The summed E-state index contributed by atoms with van der Waals surface area (Å²) in [6.07, 6.45) is 19.0. The molecule has 0 aromatic rings. The Kier molecular flexibility index (Phi) is 7.18. The molecule has 0 heterocycles. The van der Waals surface area contributed by atoms with E-state index in [1.54, 1.807) is 0 Å². The fourth-order valence-electron chi connectivity index (χ4n) is 13.4. The predicted octanol–water partition coefficient (Wildman–Crippen LogP) is 5.83. The van der Waals surface area contributed by atoms with E-state index in [1.165, 1.54) is 50.7 Å². The number of ketones is 4. The van der Waals surface area contributed by atoms with E-state index in [2.05, 4.69) is 13.8 Å². The van der Waals surface area contributed by atoms with Gasteiger partial charge < -0.3 is 10.2 Å². The minimum absolute atomic E-state index is 0.0381. The second-order valence-corrected chi connectivity index (χ2v) is 17.3. The van der Waals surface area contributed by atoms with Crippen molar-refractivity contribution in [1.82, 2.24) is 0 Å². The smallest absolute Gasteiger partial charge is 0.221 e. The molecule has 6 saturated carbocycles. The number of carbonyl (C=O) groups is 4. The first-order valence-electron chi connectivity index (χ1n) is 17.7. The number of carbonyl (C=O) groups excluding carboxylic acids is 4. The lowest BCUT2D eigenvalue weighted by molar-refractivity contribution is -0.169. The van der Waals surface area contributed by atoms with Gasteiger partial charge >= 0.3 is 0 Å². The average Bonchev–Trinajstić information content (AvgIpc) is 3.55. The van der Waals surface area contributed by atoms with Crippen LogP contribution in [0.1, 0.15) is 105 Å². The highest BCUT2D eigenvalue weighted by atomic mass is 16.3. The van der Waals surface area contributed by atoms with Crippen molar-refractivity contribution in [2.45, 2.75) is 117 Å². The third-order valence-electron chi connectivity index (χ3n) is 15.4. The molecular weight excluding hydrogens is 552 g/mol. The summed E-state index contributed by atoms with van der Waals surface area (Å²) in [5.41, 5.74) is -0.890. The number of Topliss-reactive ketones (excluding diaryl/α,β-unsaturated/α-hetero) is 2. The van der Waals surface area contributed by atoms with Crippen LogP contribution in [0.15, 0.2) is 24.3 Å². The van der Waals surface area contributed by atoms with Crippen LogP contribution < -0.4 is 0 Å². The fraction of sp³-hybridized carbons (Fsp3) is 0.789. The topological polar surface area (TPSA) is 109 Å². The SMILES string of the molecule is C[C@@]12CCC[C@H]1[C@@H]1CCC3C=CC(=O)C(=O)[C@]3(C)[C@H]1[C@H](O)C2.C[C@@]12CCC[C@H]1[C@@H]1CCC3C=CC(=O)C(=O)[C@]3(C)[C@H]1[C@H](O)C2. The Balaban J connectivity index is 0.000000142.